The zero-order valence-corrected chi connectivity index (χ0v) is 14.7. The third kappa shape index (κ3) is 3.29. The van der Waals surface area contributed by atoms with Crippen molar-refractivity contribution >= 4 is 27.3 Å². The van der Waals surface area contributed by atoms with Gasteiger partial charge in [0.05, 0.1) is 4.83 Å². The van der Waals surface area contributed by atoms with Crippen molar-refractivity contribution in [1.29, 1.82) is 0 Å². The third-order valence-corrected chi connectivity index (χ3v) is 5.89. The van der Waals surface area contributed by atoms with Crippen molar-refractivity contribution in [2.45, 2.75) is 44.9 Å². The second kappa shape index (κ2) is 5.41. The third-order valence-electron chi connectivity index (χ3n) is 3.38. The SMILES string of the molecule is Cc1cc(C)c(C(Br)c2ccc(C(C)(C)C)cc2)s1. The van der Waals surface area contributed by atoms with Crippen molar-refractivity contribution < 1.29 is 0 Å². The average Bonchev–Trinajstić information content (AvgIpc) is 2.66. The van der Waals surface area contributed by atoms with Crippen molar-refractivity contribution in [3.63, 3.8) is 0 Å². The van der Waals surface area contributed by atoms with Crippen LogP contribution in [0.15, 0.2) is 30.3 Å². The molecule has 0 amide bonds. The molecule has 1 aromatic heterocycles. The molecule has 102 valence electrons. The quantitative estimate of drug-likeness (QED) is 0.577. The summed E-state index contributed by atoms with van der Waals surface area (Å²) in [5.74, 6) is 0. The van der Waals surface area contributed by atoms with Crippen LogP contribution < -0.4 is 0 Å². The van der Waals surface area contributed by atoms with E-state index in [4.69, 9.17) is 0 Å². The number of halogens is 1. The van der Waals surface area contributed by atoms with Crippen molar-refractivity contribution in [2.75, 3.05) is 0 Å². The smallest absolute Gasteiger partial charge is 0.0740 e. The van der Waals surface area contributed by atoms with Crippen LogP contribution >= 0.6 is 27.3 Å². The molecule has 1 unspecified atom stereocenters. The van der Waals surface area contributed by atoms with Gasteiger partial charge >= 0.3 is 0 Å². The zero-order chi connectivity index (χ0) is 14.2. The lowest BCUT2D eigenvalue weighted by atomic mass is 9.86. The second-order valence-electron chi connectivity index (χ2n) is 6.14. The summed E-state index contributed by atoms with van der Waals surface area (Å²) in [6.45, 7) is 11.1. The lowest BCUT2D eigenvalue weighted by Gasteiger charge is -2.20. The van der Waals surface area contributed by atoms with Gasteiger partial charge in [-0.1, -0.05) is 61.0 Å². The topological polar surface area (TPSA) is 0 Å². The van der Waals surface area contributed by atoms with Crippen molar-refractivity contribution in [1.82, 2.24) is 0 Å². The molecule has 0 radical (unpaired) electrons. The van der Waals surface area contributed by atoms with Crippen LogP contribution in [-0.4, -0.2) is 0 Å². The van der Waals surface area contributed by atoms with Gasteiger partial charge in [-0.05, 0) is 42.0 Å². The van der Waals surface area contributed by atoms with E-state index in [1.807, 2.05) is 11.3 Å². The van der Waals surface area contributed by atoms with Gasteiger partial charge in [-0.2, -0.15) is 0 Å². The van der Waals surface area contributed by atoms with Gasteiger partial charge in [0.1, 0.15) is 0 Å². The summed E-state index contributed by atoms with van der Waals surface area (Å²) in [6, 6.07) is 11.2. The van der Waals surface area contributed by atoms with E-state index in [1.165, 1.54) is 26.4 Å². The van der Waals surface area contributed by atoms with Crippen LogP contribution in [0.5, 0.6) is 0 Å². The van der Waals surface area contributed by atoms with Gasteiger partial charge < -0.3 is 0 Å². The maximum absolute atomic E-state index is 3.84. The lowest BCUT2D eigenvalue weighted by molar-refractivity contribution is 0.590. The van der Waals surface area contributed by atoms with E-state index in [-0.39, 0.29) is 5.41 Å². The molecule has 0 aliphatic rings. The number of hydrogen-bond donors (Lipinski definition) is 0. The van der Waals surface area contributed by atoms with E-state index in [0.29, 0.717) is 4.83 Å². The first-order valence-corrected chi connectivity index (χ1v) is 8.33. The molecule has 19 heavy (non-hydrogen) atoms. The fourth-order valence-corrected chi connectivity index (χ4v) is 4.20. The molecule has 0 N–H and O–H groups in total. The highest BCUT2D eigenvalue weighted by molar-refractivity contribution is 9.09. The molecule has 0 saturated carbocycles. The van der Waals surface area contributed by atoms with E-state index in [0.717, 1.165) is 0 Å². The van der Waals surface area contributed by atoms with Crippen LogP contribution in [-0.2, 0) is 5.41 Å². The van der Waals surface area contributed by atoms with Gasteiger partial charge in [0.25, 0.3) is 0 Å². The maximum atomic E-state index is 3.84. The Bertz CT molecular complexity index is 558. The first-order chi connectivity index (χ1) is 8.79. The number of benzene rings is 1. The van der Waals surface area contributed by atoms with E-state index < -0.39 is 0 Å². The average molecular weight is 337 g/mol. The van der Waals surface area contributed by atoms with Crippen molar-refractivity contribution in [3.05, 3.63) is 56.8 Å². The van der Waals surface area contributed by atoms with Crippen molar-refractivity contribution in [3.8, 4) is 0 Å². The molecule has 1 heterocycles. The van der Waals surface area contributed by atoms with Crippen LogP contribution in [0.2, 0.25) is 0 Å². The summed E-state index contributed by atoms with van der Waals surface area (Å²) in [7, 11) is 0. The lowest BCUT2D eigenvalue weighted by Crippen LogP contribution is -2.10. The summed E-state index contributed by atoms with van der Waals surface area (Å²) >= 11 is 5.72. The van der Waals surface area contributed by atoms with Gasteiger partial charge in [-0.3, -0.25) is 0 Å². The molecule has 0 saturated heterocycles. The Morgan fingerprint density at radius 3 is 2.05 bits per heavy atom. The van der Waals surface area contributed by atoms with Gasteiger partial charge in [0, 0.05) is 9.75 Å². The van der Waals surface area contributed by atoms with Crippen LogP contribution in [0, 0.1) is 13.8 Å². The van der Waals surface area contributed by atoms with Crippen LogP contribution in [0.1, 0.15) is 52.0 Å². The summed E-state index contributed by atoms with van der Waals surface area (Å²) in [4.78, 5) is 3.10. The minimum absolute atomic E-state index is 0.218. The standard InChI is InChI=1S/C17H21BrS/c1-11-10-12(2)19-16(11)15(18)13-6-8-14(9-7-13)17(3,4)5/h6-10,15H,1-5H3. The highest BCUT2D eigenvalue weighted by Gasteiger charge is 2.17. The predicted octanol–water partition coefficient (Wildman–Crippen LogP) is 6.15. The molecule has 2 rings (SSSR count). The van der Waals surface area contributed by atoms with E-state index in [2.05, 4.69) is 80.9 Å². The van der Waals surface area contributed by atoms with Crippen molar-refractivity contribution in [2.24, 2.45) is 0 Å². The highest BCUT2D eigenvalue weighted by Crippen LogP contribution is 2.38. The molecule has 1 atom stereocenters. The fourth-order valence-electron chi connectivity index (χ4n) is 2.21. The van der Waals surface area contributed by atoms with Gasteiger partial charge in [-0.15, -0.1) is 11.3 Å². The zero-order valence-electron chi connectivity index (χ0n) is 12.3. The monoisotopic (exact) mass is 336 g/mol. The number of rotatable bonds is 2. The van der Waals surface area contributed by atoms with Gasteiger partial charge in [-0.25, -0.2) is 0 Å². The number of alkyl halides is 1. The Kier molecular flexibility index (Phi) is 4.22. The minimum Gasteiger partial charge on any atom is -0.144 e. The van der Waals surface area contributed by atoms with E-state index in [9.17, 15) is 0 Å². The molecule has 2 aromatic rings. The normalized spacial score (nSPS) is 13.6. The molecule has 0 bridgehead atoms. The van der Waals surface area contributed by atoms with Crippen LogP contribution in [0.4, 0.5) is 0 Å². The minimum atomic E-state index is 0.218. The Morgan fingerprint density at radius 1 is 1.05 bits per heavy atom. The molecular weight excluding hydrogens is 316 g/mol. The molecule has 0 spiro atoms. The van der Waals surface area contributed by atoms with Gasteiger partial charge in [0.15, 0.2) is 0 Å². The second-order valence-corrected chi connectivity index (χ2v) is 8.34. The summed E-state index contributed by atoms with van der Waals surface area (Å²) in [6.07, 6.45) is 0. The maximum Gasteiger partial charge on any atom is 0.0740 e. The first-order valence-electron chi connectivity index (χ1n) is 6.60. The Hall–Kier alpha value is -0.600. The molecule has 2 heteroatoms. The molecular formula is C17H21BrS. The Balaban J connectivity index is 2.30. The Labute approximate surface area is 129 Å². The van der Waals surface area contributed by atoms with E-state index in [1.54, 1.807) is 0 Å². The van der Waals surface area contributed by atoms with Crippen LogP contribution in [0.25, 0.3) is 0 Å². The largest absolute Gasteiger partial charge is 0.144 e. The number of hydrogen-bond acceptors (Lipinski definition) is 1. The summed E-state index contributed by atoms with van der Waals surface area (Å²) < 4.78 is 0. The first kappa shape index (κ1) is 14.8. The van der Waals surface area contributed by atoms with Gasteiger partial charge in [0.2, 0.25) is 0 Å². The molecule has 0 aliphatic carbocycles. The summed E-state index contributed by atoms with van der Waals surface area (Å²) in [5, 5.41) is 0. The highest BCUT2D eigenvalue weighted by atomic mass is 79.9. The number of aryl methyl sites for hydroxylation is 2. The fraction of sp³-hybridized carbons (Fsp3) is 0.412. The number of thiophene rings is 1. The predicted molar refractivity (Wildman–Crippen MR) is 89.7 cm³/mol. The molecule has 0 fully saturated rings. The molecule has 0 aliphatic heterocycles. The van der Waals surface area contributed by atoms with E-state index >= 15 is 0 Å². The Morgan fingerprint density at radius 2 is 1.63 bits per heavy atom. The molecule has 0 nitrogen and oxygen atoms in total. The molecule has 1 aromatic carbocycles. The van der Waals surface area contributed by atoms with Crippen LogP contribution in [0.3, 0.4) is 0 Å². The summed E-state index contributed by atoms with van der Waals surface area (Å²) in [5.41, 5.74) is 4.31.